The fourth-order valence-corrected chi connectivity index (χ4v) is 5.00. The van der Waals surface area contributed by atoms with Crippen molar-refractivity contribution in [1.29, 1.82) is 0 Å². The van der Waals surface area contributed by atoms with Crippen LogP contribution in [-0.2, 0) is 36.8 Å². The van der Waals surface area contributed by atoms with Crippen LogP contribution in [0.1, 0.15) is 54.1 Å². The van der Waals surface area contributed by atoms with Gasteiger partial charge in [0.25, 0.3) is 0 Å². The maximum Gasteiger partial charge on any atom is 0.338 e. The van der Waals surface area contributed by atoms with Crippen LogP contribution in [0.2, 0.25) is 0 Å². The van der Waals surface area contributed by atoms with Gasteiger partial charge in [0.15, 0.2) is 0 Å². The molecular weight excluding hydrogens is 600 g/mol. The van der Waals surface area contributed by atoms with Crippen LogP contribution in [0.3, 0.4) is 0 Å². The van der Waals surface area contributed by atoms with E-state index in [2.05, 4.69) is 10.6 Å². The Morgan fingerprint density at radius 2 is 1.30 bits per heavy atom. The predicted octanol–water partition coefficient (Wildman–Crippen LogP) is 3.12. The number of carbonyl (C=O) groups excluding carboxylic acids is 4. The van der Waals surface area contributed by atoms with E-state index in [-0.39, 0.29) is 26.0 Å². The number of nitrogens with zero attached hydrogens (tertiary/aromatic N) is 1. The number of aliphatic carboxylic acids is 1. The third-order valence-electron chi connectivity index (χ3n) is 7.43. The van der Waals surface area contributed by atoms with Gasteiger partial charge in [-0.15, -0.1) is 0 Å². The van der Waals surface area contributed by atoms with Crippen molar-refractivity contribution >= 4 is 29.7 Å². The molecule has 0 saturated heterocycles. The van der Waals surface area contributed by atoms with Gasteiger partial charge in [-0.25, -0.2) is 4.79 Å². The van der Waals surface area contributed by atoms with Gasteiger partial charge in [-0.05, 0) is 48.9 Å². The Morgan fingerprint density at radius 3 is 1.85 bits per heavy atom. The number of ether oxygens (including phenoxy) is 1. The summed E-state index contributed by atoms with van der Waals surface area (Å²) in [6, 6.07) is 23.8. The van der Waals surface area contributed by atoms with Crippen molar-refractivity contribution in [2.45, 2.75) is 63.6 Å². The van der Waals surface area contributed by atoms with Gasteiger partial charge in [-0.3, -0.25) is 19.2 Å². The number of hydrogen-bond acceptors (Lipinski definition) is 7. The summed E-state index contributed by atoms with van der Waals surface area (Å²) in [6.45, 7) is 1.71. The van der Waals surface area contributed by atoms with Crippen LogP contribution >= 0.6 is 0 Å². The van der Waals surface area contributed by atoms with E-state index in [1.54, 1.807) is 24.3 Å². The molecular formula is C36H44N4O7. The van der Waals surface area contributed by atoms with E-state index in [9.17, 15) is 29.1 Å². The van der Waals surface area contributed by atoms with E-state index < -0.39 is 54.3 Å². The fraction of sp³-hybridized carbons (Fsp3) is 0.361. The molecule has 3 atom stereocenters. The second kappa shape index (κ2) is 19.5. The lowest BCUT2D eigenvalue weighted by atomic mass is 10.0. The number of nitrogens with one attached hydrogen (secondary N) is 2. The zero-order chi connectivity index (χ0) is 34.0. The van der Waals surface area contributed by atoms with Crippen molar-refractivity contribution < 1.29 is 33.8 Å². The zero-order valence-corrected chi connectivity index (χ0v) is 26.7. The lowest BCUT2D eigenvalue weighted by Crippen LogP contribution is -2.57. The Hall–Kier alpha value is -5.03. The third-order valence-corrected chi connectivity index (χ3v) is 7.43. The highest BCUT2D eigenvalue weighted by atomic mass is 16.5. The number of unbranched alkanes of at least 4 members (excludes halogenated alkanes) is 1. The van der Waals surface area contributed by atoms with Gasteiger partial charge < -0.3 is 31.1 Å². The quantitative estimate of drug-likeness (QED) is 0.114. The van der Waals surface area contributed by atoms with Gasteiger partial charge in [-0.1, -0.05) is 85.8 Å². The summed E-state index contributed by atoms with van der Waals surface area (Å²) < 4.78 is 5.29. The lowest BCUT2D eigenvalue weighted by Gasteiger charge is -2.28. The Kier molecular flexibility index (Phi) is 15.1. The third kappa shape index (κ3) is 12.7. The molecule has 11 nitrogen and oxygen atoms in total. The van der Waals surface area contributed by atoms with E-state index in [4.69, 9.17) is 10.5 Å². The van der Waals surface area contributed by atoms with Gasteiger partial charge >= 0.3 is 11.9 Å². The largest absolute Gasteiger partial charge is 0.480 e. The van der Waals surface area contributed by atoms with Crippen molar-refractivity contribution in [3.8, 4) is 0 Å². The zero-order valence-electron chi connectivity index (χ0n) is 26.7. The number of esters is 1. The molecule has 3 rings (SSSR count). The smallest absolute Gasteiger partial charge is 0.338 e. The topological polar surface area (TPSA) is 168 Å². The maximum atomic E-state index is 13.8. The standard InChI is InChI=1S/C36H44N4O7/c1-2-21-40(25-32(41)42)35(45)31(24-27-16-8-4-9-17-27)39-34(44)30(23-26-14-6-3-7-15-26)38-33(43)29(37)20-12-13-22-47-36(46)28-18-10-5-11-19-28/h3-11,14-19,29-31H,2,12-13,20-25,37H2,1H3,(H,38,43)(H,39,44)(H,41,42). The lowest BCUT2D eigenvalue weighted by molar-refractivity contribution is -0.146. The number of carboxylic acids is 1. The first-order valence-corrected chi connectivity index (χ1v) is 15.8. The minimum Gasteiger partial charge on any atom is -0.480 e. The van der Waals surface area contributed by atoms with Gasteiger partial charge in [-0.2, -0.15) is 0 Å². The molecule has 47 heavy (non-hydrogen) atoms. The molecule has 0 radical (unpaired) electrons. The minimum atomic E-state index is -1.16. The van der Waals surface area contributed by atoms with Crippen LogP contribution in [-0.4, -0.2) is 77.5 Å². The van der Waals surface area contributed by atoms with Crippen molar-refractivity contribution in [3.05, 3.63) is 108 Å². The van der Waals surface area contributed by atoms with E-state index in [1.807, 2.05) is 73.7 Å². The molecule has 3 amide bonds. The molecule has 0 aromatic heterocycles. The van der Waals surface area contributed by atoms with E-state index in [1.165, 1.54) is 4.90 Å². The van der Waals surface area contributed by atoms with Crippen molar-refractivity contribution in [2.75, 3.05) is 19.7 Å². The van der Waals surface area contributed by atoms with E-state index in [0.29, 0.717) is 31.2 Å². The highest BCUT2D eigenvalue weighted by Crippen LogP contribution is 2.11. The summed E-state index contributed by atoms with van der Waals surface area (Å²) in [5, 5.41) is 15.0. The average molecular weight is 645 g/mol. The fourth-order valence-electron chi connectivity index (χ4n) is 5.00. The summed E-state index contributed by atoms with van der Waals surface area (Å²) >= 11 is 0. The van der Waals surface area contributed by atoms with Crippen molar-refractivity contribution in [1.82, 2.24) is 15.5 Å². The summed E-state index contributed by atoms with van der Waals surface area (Å²) in [4.78, 5) is 65.5. The first-order valence-electron chi connectivity index (χ1n) is 15.8. The van der Waals surface area contributed by atoms with E-state index in [0.717, 1.165) is 11.1 Å². The molecule has 0 aliphatic rings. The van der Waals surface area contributed by atoms with Crippen LogP contribution in [0.4, 0.5) is 0 Å². The normalized spacial score (nSPS) is 12.6. The second-order valence-electron chi connectivity index (χ2n) is 11.3. The molecule has 250 valence electrons. The Balaban J connectivity index is 1.68. The molecule has 3 aromatic carbocycles. The van der Waals surface area contributed by atoms with Gasteiger partial charge in [0.1, 0.15) is 18.6 Å². The van der Waals surface area contributed by atoms with Crippen molar-refractivity contribution in [2.24, 2.45) is 5.73 Å². The molecule has 11 heteroatoms. The highest BCUT2D eigenvalue weighted by molar-refractivity contribution is 5.94. The van der Waals surface area contributed by atoms with Gasteiger partial charge in [0.05, 0.1) is 18.2 Å². The van der Waals surface area contributed by atoms with Gasteiger partial charge in [0, 0.05) is 19.4 Å². The van der Waals surface area contributed by atoms with Crippen LogP contribution in [0.15, 0.2) is 91.0 Å². The number of amides is 3. The van der Waals surface area contributed by atoms with Crippen molar-refractivity contribution in [3.63, 3.8) is 0 Å². The molecule has 0 heterocycles. The Labute approximate surface area is 275 Å². The number of hydrogen-bond donors (Lipinski definition) is 4. The molecule has 0 fully saturated rings. The second-order valence-corrected chi connectivity index (χ2v) is 11.3. The maximum absolute atomic E-state index is 13.8. The van der Waals surface area contributed by atoms with Crippen LogP contribution in [0.5, 0.6) is 0 Å². The number of carbonyl (C=O) groups is 5. The first kappa shape index (κ1) is 36.4. The number of rotatable bonds is 19. The van der Waals surface area contributed by atoms with E-state index >= 15 is 0 Å². The first-order chi connectivity index (χ1) is 22.7. The minimum absolute atomic E-state index is 0.131. The molecule has 0 aliphatic carbocycles. The number of benzene rings is 3. The average Bonchev–Trinajstić information content (AvgIpc) is 3.07. The monoisotopic (exact) mass is 644 g/mol. The summed E-state index contributed by atoms with van der Waals surface area (Å²) in [7, 11) is 0. The summed E-state index contributed by atoms with van der Waals surface area (Å²) in [5.41, 5.74) is 8.21. The number of carboxylic acid groups (broad SMARTS) is 1. The molecule has 0 spiro atoms. The molecule has 0 aliphatic heterocycles. The molecule has 3 unspecified atom stereocenters. The predicted molar refractivity (Wildman–Crippen MR) is 177 cm³/mol. The van der Waals surface area contributed by atoms with Crippen LogP contribution < -0.4 is 16.4 Å². The molecule has 0 saturated carbocycles. The van der Waals surface area contributed by atoms with Gasteiger partial charge in [0.2, 0.25) is 17.7 Å². The van der Waals surface area contributed by atoms with Crippen LogP contribution in [0, 0.1) is 0 Å². The molecule has 3 aromatic rings. The SMILES string of the molecule is CCCN(CC(=O)O)C(=O)C(Cc1ccccc1)NC(=O)C(Cc1ccccc1)NC(=O)C(N)CCCCOC(=O)c1ccccc1. The molecule has 0 bridgehead atoms. The summed E-state index contributed by atoms with van der Waals surface area (Å²) in [5.74, 6) is -3.24. The highest BCUT2D eigenvalue weighted by Gasteiger charge is 2.31. The van der Waals surface area contributed by atoms with Crippen LogP contribution in [0.25, 0.3) is 0 Å². The Morgan fingerprint density at radius 1 is 0.766 bits per heavy atom. The Bertz CT molecular complexity index is 1440. The number of nitrogens with two attached hydrogens (primary N) is 1. The summed E-state index contributed by atoms with van der Waals surface area (Å²) in [6.07, 6.45) is 2.11. The molecule has 5 N–H and O–H groups in total.